The third-order valence-electron chi connectivity index (χ3n) is 3.88. The summed E-state index contributed by atoms with van der Waals surface area (Å²) >= 11 is 0. The van der Waals surface area contributed by atoms with Crippen LogP contribution in [0.3, 0.4) is 0 Å². The highest BCUT2D eigenvalue weighted by atomic mass is 16.6. The zero-order valence-electron chi connectivity index (χ0n) is 12.3. The fourth-order valence-corrected chi connectivity index (χ4v) is 2.73. The maximum atomic E-state index is 11.2. The molecule has 7 heteroatoms. The van der Waals surface area contributed by atoms with E-state index in [0.717, 1.165) is 18.5 Å². The van der Waals surface area contributed by atoms with Gasteiger partial charge in [0, 0.05) is 24.5 Å². The van der Waals surface area contributed by atoms with Crippen LogP contribution in [0.2, 0.25) is 0 Å². The molecule has 0 amide bonds. The summed E-state index contributed by atoms with van der Waals surface area (Å²) in [6.45, 7) is 0.497. The van der Waals surface area contributed by atoms with E-state index in [2.05, 4.69) is 21.7 Å². The van der Waals surface area contributed by atoms with E-state index in [0.29, 0.717) is 6.54 Å². The SMILES string of the molecule is N#Cc1ccnc(NCC2CCc3ccccc3N2)c1[N+](=O)[O-]. The molecule has 0 fully saturated rings. The van der Waals surface area contributed by atoms with Gasteiger partial charge in [-0.3, -0.25) is 10.1 Å². The molecule has 0 radical (unpaired) electrons. The number of hydrogen-bond acceptors (Lipinski definition) is 6. The van der Waals surface area contributed by atoms with Crippen molar-refractivity contribution in [3.8, 4) is 6.07 Å². The molecular formula is C16H15N5O2. The lowest BCUT2D eigenvalue weighted by Crippen LogP contribution is -2.32. The molecule has 7 nitrogen and oxygen atoms in total. The van der Waals surface area contributed by atoms with Crippen molar-refractivity contribution in [1.82, 2.24) is 4.98 Å². The number of hydrogen-bond donors (Lipinski definition) is 2. The van der Waals surface area contributed by atoms with Crippen LogP contribution in [0.5, 0.6) is 0 Å². The molecule has 1 aliphatic heterocycles. The molecule has 23 heavy (non-hydrogen) atoms. The van der Waals surface area contributed by atoms with Crippen molar-refractivity contribution in [3.05, 3.63) is 57.8 Å². The Kier molecular flexibility index (Phi) is 4.06. The number of para-hydroxylation sites is 1. The van der Waals surface area contributed by atoms with Crippen molar-refractivity contribution in [2.24, 2.45) is 0 Å². The summed E-state index contributed by atoms with van der Waals surface area (Å²) in [6.07, 6.45) is 3.29. The minimum atomic E-state index is -0.572. The molecule has 3 rings (SSSR count). The predicted octanol–water partition coefficient (Wildman–Crippen LogP) is 2.70. The number of pyridine rings is 1. The van der Waals surface area contributed by atoms with E-state index >= 15 is 0 Å². The van der Waals surface area contributed by atoms with E-state index in [4.69, 9.17) is 5.26 Å². The van der Waals surface area contributed by atoms with E-state index in [1.807, 2.05) is 24.3 Å². The molecule has 0 saturated heterocycles. The number of benzene rings is 1. The number of nitro groups is 1. The lowest BCUT2D eigenvalue weighted by atomic mass is 9.98. The quantitative estimate of drug-likeness (QED) is 0.664. The van der Waals surface area contributed by atoms with Gasteiger partial charge in [-0.2, -0.15) is 5.26 Å². The van der Waals surface area contributed by atoms with Gasteiger partial charge < -0.3 is 10.6 Å². The summed E-state index contributed by atoms with van der Waals surface area (Å²) in [4.78, 5) is 14.6. The molecular weight excluding hydrogens is 294 g/mol. The van der Waals surface area contributed by atoms with Crippen LogP contribution in [0, 0.1) is 21.4 Å². The van der Waals surface area contributed by atoms with Gasteiger partial charge in [-0.25, -0.2) is 4.98 Å². The highest BCUT2D eigenvalue weighted by Gasteiger charge is 2.23. The number of nitrogens with zero attached hydrogens (tertiary/aromatic N) is 3. The van der Waals surface area contributed by atoms with Crippen molar-refractivity contribution in [2.75, 3.05) is 17.2 Å². The van der Waals surface area contributed by atoms with Gasteiger partial charge in [0.15, 0.2) is 0 Å². The van der Waals surface area contributed by atoms with Crippen molar-refractivity contribution < 1.29 is 4.92 Å². The second-order valence-electron chi connectivity index (χ2n) is 5.34. The maximum Gasteiger partial charge on any atom is 0.328 e. The van der Waals surface area contributed by atoms with Crippen LogP contribution in [-0.2, 0) is 6.42 Å². The van der Waals surface area contributed by atoms with Gasteiger partial charge in [-0.1, -0.05) is 18.2 Å². The summed E-state index contributed by atoms with van der Waals surface area (Å²) in [7, 11) is 0. The maximum absolute atomic E-state index is 11.2. The number of aryl methyl sites for hydroxylation is 1. The van der Waals surface area contributed by atoms with Crippen LogP contribution in [-0.4, -0.2) is 22.5 Å². The fraction of sp³-hybridized carbons (Fsp3) is 0.250. The standard InChI is InChI=1S/C16H15N5O2/c17-9-12-7-8-18-16(15(12)21(22)23)19-10-13-6-5-11-3-1-2-4-14(11)20-13/h1-4,7-8,13,20H,5-6,10H2,(H,18,19). The highest BCUT2D eigenvalue weighted by Crippen LogP contribution is 2.27. The van der Waals surface area contributed by atoms with Crippen LogP contribution in [0.15, 0.2) is 36.5 Å². The van der Waals surface area contributed by atoms with E-state index in [1.165, 1.54) is 17.8 Å². The average Bonchev–Trinajstić information content (AvgIpc) is 2.59. The van der Waals surface area contributed by atoms with E-state index in [9.17, 15) is 10.1 Å². The summed E-state index contributed by atoms with van der Waals surface area (Å²) < 4.78 is 0. The first-order valence-corrected chi connectivity index (χ1v) is 7.31. The Morgan fingerprint density at radius 2 is 2.26 bits per heavy atom. The second-order valence-corrected chi connectivity index (χ2v) is 5.34. The van der Waals surface area contributed by atoms with Crippen LogP contribution in [0.1, 0.15) is 17.5 Å². The van der Waals surface area contributed by atoms with Crippen LogP contribution >= 0.6 is 0 Å². The number of nitriles is 1. The Bertz CT molecular complexity index is 784. The minimum Gasteiger partial charge on any atom is -0.380 e. The number of nitrogens with one attached hydrogen (secondary N) is 2. The molecule has 0 aliphatic carbocycles. The summed E-state index contributed by atoms with van der Waals surface area (Å²) in [5.74, 6) is 0.134. The second kappa shape index (κ2) is 6.32. The van der Waals surface area contributed by atoms with Crippen molar-refractivity contribution in [1.29, 1.82) is 5.26 Å². The van der Waals surface area contributed by atoms with Crippen molar-refractivity contribution in [3.63, 3.8) is 0 Å². The molecule has 1 atom stereocenters. The van der Waals surface area contributed by atoms with Gasteiger partial charge in [-0.15, -0.1) is 0 Å². The molecule has 0 spiro atoms. The normalized spacial score (nSPS) is 15.9. The summed E-state index contributed by atoms with van der Waals surface area (Å²) in [5, 5.41) is 26.6. The van der Waals surface area contributed by atoms with Gasteiger partial charge in [0.1, 0.15) is 11.6 Å². The molecule has 1 aliphatic rings. The molecule has 0 saturated carbocycles. The minimum absolute atomic E-state index is 0.00875. The summed E-state index contributed by atoms with van der Waals surface area (Å²) in [6, 6.07) is 11.4. The fourth-order valence-electron chi connectivity index (χ4n) is 2.73. The highest BCUT2D eigenvalue weighted by molar-refractivity contribution is 5.64. The van der Waals surface area contributed by atoms with E-state index in [1.54, 1.807) is 0 Å². The van der Waals surface area contributed by atoms with Crippen LogP contribution in [0.25, 0.3) is 0 Å². The van der Waals surface area contributed by atoms with E-state index in [-0.39, 0.29) is 23.1 Å². The molecule has 1 aromatic carbocycles. The largest absolute Gasteiger partial charge is 0.380 e. The Morgan fingerprint density at radius 1 is 1.43 bits per heavy atom. The van der Waals surface area contributed by atoms with Crippen LogP contribution < -0.4 is 10.6 Å². The van der Waals surface area contributed by atoms with Gasteiger partial charge in [0.25, 0.3) is 0 Å². The first-order valence-electron chi connectivity index (χ1n) is 7.31. The third-order valence-corrected chi connectivity index (χ3v) is 3.88. The monoisotopic (exact) mass is 309 g/mol. The Hall–Kier alpha value is -3.14. The van der Waals surface area contributed by atoms with Gasteiger partial charge in [0.2, 0.25) is 5.82 Å². The zero-order valence-corrected chi connectivity index (χ0v) is 12.3. The van der Waals surface area contributed by atoms with Crippen LogP contribution in [0.4, 0.5) is 17.2 Å². The average molecular weight is 309 g/mol. The summed E-state index contributed by atoms with van der Waals surface area (Å²) in [5.41, 5.74) is 2.11. The zero-order chi connectivity index (χ0) is 16.2. The van der Waals surface area contributed by atoms with Gasteiger partial charge >= 0.3 is 5.69 Å². The topological polar surface area (TPSA) is 104 Å². The van der Waals surface area contributed by atoms with E-state index < -0.39 is 4.92 Å². The smallest absolute Gasteiger partial charge is 0.328 e. The van der Waals surface area contributed by atoms with Crippen molar-refractivity contribution >= 4 is 17.2 Å². The number of aromatic nitrogens is 1. The molecule has 2 aromatic rings. The number of anilines is 2. The molecule has 116 valence electrons. The molecule has 2 N–H and O–H groups in total. The van der Waals surface area contributed by atoms with Gasteiger partial charge in [0.05, 0.1) is 4.92 Å². The lowest BCUT2D eigenvalue weighted by molar-refractivity contribution is -0.384. The number of rotatable bonds is 4. The first-order chi connectivity index (χ1) is 11.2. The molecule has 2 heterocycles. The van der Waals surface area contributed by atoms with Gasteiger partial charge in [-0.05, 0) is 30.5 Å². The molecule has 1 aromatic heterocycles. The Balaban J connectivity index is 1.73. The lowest BCUT2D eigenvalue weighted by Gasteiger charge is -2.27. The molecule has 1 unspecified atom stereocenters. The Labute approximate surface area is 133 Å². The van der Waals surface area contributed by atoms with Crippen molar-refractivity contribution in [2.45, 2.75) is 18.9 Å². The molecule has 0 bridgehead atoms. The predicted molar refractivity (Wildman–Crippen MR) is 86.3 cm³/mol. The Morgan fingerprint density at radius 3 is 3.04 bits per heavy atom. The third kappa shape index (κ3) is 3.06. The number of fused-ring (bicyclic) bond motifs is 1. The first kappa shape index (κ1) is 14.8.